The molecule has 0 atom stereocenters. The first kappa shape index (κ1) is 17.1. The first-order valence-electron chi connectivity index (χ1n) is 9.67. The van der Waals surface area contributed by atoms with Gasteiger partial charge in [0.2, 0.25) is 11.8 Å². The molecule has 136 valence electrons. The van der Waals surface area contributed by atoms with Crippen molar-refractivity contribution in [2.75, 3.05) is 11.9 Å². The van der Waals surface area contributed by atoms with Gasteiger partial charge < -0.3 is 10.6 Å². The molecule has 1 aromatic rings. The van der Waals surface area contributed by atoms with Gasteiger partial charge in [0, 0.05) is 17.7 Å². The molecule has 4 nitrogen and oxygen atoms in total. The van der Waals surface area contributed by atoms with Gasteiger partial charge in [0.15, 0.2) is 0 Å². The third-order valence-electron chi connectivity index (χ3n) is 6.46. The maximum atomic E-state index is 12.5. The molecule has 4 aliphatic rings. The summed E-state index contributed by atoms with van der Waals surface area (Å²) in [5.41, 5.74) is 1.57. The van der Waals surface area contributed by atoms with Crippen molar-refractivity contribution in [3.05, 3.63) is 29.8 Å². The maximum Gasteiger partial charge on any atom is 0.243 e. The fourth-order valence-corrected chi connectivity index (χ4v) is 5.98. The molecule has 4 heteroatoms. The van der Waals surface area contributed by atoms with Gasteiger partial charge in [-0.3, -0.25) is 9.59 Å². The molecule has 0 aromatic heterocycles. The fourth-order valence-electron chi connectivity index (χ4n) is 5.98. The smallest absolute Gasteiger partial charge is 0.243 e. The van der Waals surface area contributed by atoms with Gasteiger partial charge in [-0.2, -0.15) is 0 Å². The number of hydrogen-bond donors (Lipinski definition) is 2. The SMILES string of the molecule is C#Cc1cccc(NC(=O)CNC(=O)CC23CC4CC(CC(C4)C2)C3)c1. The van der Waals surface area contributed by atoms with Crippen LogP contribution in [0.25, 0.3) is 0 Å². The topological polar surface area (TPSA) is 58.2 Å². The van der Waals surface area contributed by atoms with Gasteiger partial charge in [0.1, 0.15) is 0 Å². The summed E-state index contributed by atoms with van der Waals surface area (Å²) >= 11 is 0. The van der Waals surface area contributed by atoms with E-state index in [-0.39, 0.29) is 23.8 Å². The minimum absolute atomic E-state index is 0.00544. The lowest BCUT2D eigenvalue weighted by molar-refractivity contribution is -0.131. The predicted octanol–water partition coefficient (Wildman–Crippen LogP) is 3.33. The van der Waals surface area contributed by atoms with Gasteiger partial charge in [0.25, 0.3) is 0 Å². The van der Waals surface area contributed by atoms with Crippen LogP contribution in [0.1, 0.15) is 50.5 Å². The Hall–Kier alpha value is -2.28. The van der Waals surface area contributed by atoms with E-state index in [1.807, 2.05) is 6.07 Å². The van der Waals surface area contributed by atoms with Crippen LogP contribution in [0.15, 0.2) is 24.3 Å². The van der Waals surface area contributed by atoms with Crippen molar-refractivity contribution in [1.29, 1.82) is 0 Å². The number of carbonyl (C=O) groups is 2. The van der Waals surface area contributed by atoms with Crippen LogP contribution in [0.5, 0.6) is 0 Å². The number of anilines is 1. The van der Waals surface area contributed by atoms with Crippen molar-refractivity contribution >= 4 is 17.5 Å². The Kier molecular flexibility index (Phi) is 4.48. The van der Waals surface area contributed by atoms with Crippen LogP contribution in [0.2, 0.25) is 0 Å². The van der Waals surface area contributed by atoms with Crippen LogP contribution < -0.4 is 10.6 Å². The van der Waals surface area contributed by atoms with Crippen LogP contribution in [-0.2, 0) is 9.59 Å². The van der Waals surface area contributed by atoms with Crippen LogP contribution >= 0.6 is 0 Å². The van der Waals surface area contributed by atoms with E-state index in [4.69, 9.17) is 6.42 Å². The quantitative estimate of drug-likeness (QED) is 0.800. The van der Waals surface area contributed by atoms with E-state index in [2.05, 4.69) is 16.6 Å². The lowest BCUT2D eigenvalue weighted by Crippen LogP contribution is -2.48. The van der Waals surface area contributed by atoms with E-state index in [1.165, 1.54) is 38.5 Å². The summed E-state index contributed by atoms with van der Waals surface area (Å²) in [6, 6.07) is 7.14. The summed E-state index contributed by atoms with van der Waals surface area (Å²) in [5.74, 6) is 4.83. The average molecular weight is 350 g/mol. The molecule has 0 unspecified atom stereocenters. The Morgan fingerprint density at radius 1 is 1.08 bits per heavy atom. The van der Waals surface area contributed by atoms with E-state index in [0.717, 1.165) is 17.8 Å². The second kappa shape index (κ2) is 6.79. The number of carbonyl (C=O) groups excluding carboxylic acids is 2. The highest BCUT2D eigenvalue weighted by Gasteiger charge is 2.51. The number of nitrogens with one attached hydrogen (secondary N) is 2. The van der Waals surface area contributed by atoms with Gasteiger partial charge in [-0.15, -0.1) is 6.42 Å². The summed E-state index contributed by atoms with van der Waals surface area (Å²) in [7, 11) is 0. The van der Waals surface area contributed by atoms with Crippen LogP contribution in [0.4, 0.5) is 5.69 Å². The predicted molar refractivity (Wildman–Crippen MR) is 101 cm³/mol. The minimum Gasteiger partial charge on any atom is -0.347 e. The molecule has 1 aromatic carbocycles. The van der Waals surface area contributed by atoms with Crippen molar-refractivity contribution in [3.63, 3.8) is 0 Å². The zero-order chi connectivity index (χ0) is 18.1. The molecule has 4 fully saturated rings. The highest BCUT2D eigenvalue weighted by molar-refractivity contribution is 5.94. The molecule has 2 amide bonds. The average Bonchev–Trinajstić information content (AvgIpc) is 2.58. The van der Waals surface area contributed by atoms with E-state index in [1.54, 1.807) is 18.2 Å². The highest BCUT2D eigenvalue weighted by Crippen LogP contribution is 2.61. The lowest BCUT2D eigenvalue weighted by Gasteiger charge is -2.56. The van der Waals surface area contributed by atoms with Gasteiger partial charge in [-0.1, -0.05) is 12.0 Å². The highest BCUT2D eigenvalue weighted by atomic mass is 16.2. The zero-order valence-corrected chi connectivity index (χ0v) is 15.1. The molecular formula is C22H26N2O2. The third-order valence-corrected chi connectivity index (χ3v) is 6.46. The zero-order valence-electron chi connectivity index (χ0n) is 15.1. The minimum atomic E-state index is -0.224. The number of rotatable bonds is 5. The Balaban J connectivity index is 1.27. The Labute approximate surface area is 155 Å². The Morgan fingerprint density at radius 3 is 2.35 bits per heavy atom. The number of terminal acetylenes is 1. The molecule has 4 saturated carbocycles. The lowest BCUT2D eigenvalue weighted by atomic mass is 9.49. The molecule has 5 rings (SSSR count). The summed E-state index contributed by atoms with van der Waals surface area (Å²) in [5, 5.41) is 5.60. The second-order valence-electron chi connectivity index (χ2n) is 8.64. The standard InChI is InChI=1S/C22H26N2O2/c1-2-15-4-3-5-19(9-15)24-21(26)14-23-20(25)13-22-10-16-6-17(11-22)8-18(7-16)12-22/h1,3-5,9,16-18H,6-8,10-14H2,(H,23,25)(H,24,26). The number of benzene rings is 1. The summed E-state index contributed by atoms with van der Waals surface area (Å²) < 4.78 is 0. The van der Waals surface area contributed by atoms with Crippen molar-refractivity contribution in [2.24, 2.45) is 23.2 Å². The van der Waals surface area contributed by atoms with Crippen molar-refractivity contribution in [2.45, 2.75) is 44.9 Å². The fraction of sp³-hybridized carbons (Fsp3) is 0.545. The van der Waals surface area contributed by atoms with Crippen LogP contribution in [-0.4, -0.2) is 18.4 Å². The van der Waals surface area contributed by atoms with Crippen LogP contribution in [0, 0.1) is 35.5 Å². The van der Waals surface area contributed by atoms with E-state index in [0.29, 0.717) is 17.7 Å². The van der Waals surface area contributed by atoms with Crippen molar-refractivity contribution < 1.29 is 9.59 Å². The Morgan fingerprint density at radius 2 is 1.73 bits per heavy atom. The Bertz CT molecular complexity index is 726. The largest absolute Gasteiger partial charge is 0.347 e. The van der Waals surface area contributed by atoms with E-state index < -0.39 is 0 Å². The molecule has 0 spiro atoms. The molecule has 0 aliphatic heterocycles. The summed E-state index contributed by atoms with van der Waals surface area (Å²) in [6.07, 6.45) is 13.7. The molecule has 0 saturated heterocycles. The molecule has 4 aliphatic carbocycles. The normalized spacial score (nSPS) is 31.3. The van der Waals surface area contributed by atoms with Crippen molar-refractivity contribution in [3.8, 4) is 12.3 Å². The van der Waals surface area contributed by atoms with Gasteiger partial charge in [-0.05, 0) is 79.9 Å². The third kappa shape index (κ3) is 3.62. The molecule has 0 radical (unpaired) electrons. The van der Waals surface area contributed by atoms with Crippen LogP contribution in [0.3, 0.4) is 0 Å². The maximum absolute atomic E-state index is 12.5. The number of hydrogen-bond acceptors (Lipinski definition) is 2. The van der Waals surface area contributed by atoms with Gasteiger partial charge in [0.05, 0.1) is 6.54 Å². The molecule has 0 heterocycles. The molecular weight excluding hydrogens is 324 g/mol. The molecule has 2 N–H and O–H groups in total. The number of amides is 2. The van der Waals surface area contributed by atoms with Gasteiger partial charge in [-0.25, -0.2) is 0 Å². The van der Waals surface area contributed by atoms with E-state index in [9.17, 15) is 9.59 Å². The van der Waals surface area contributed by atoms with Gasteiger partial charge >= 0.3 is 0 Å². The molecule has 4 bridgehead atoms. The first-order valence-corrected chi connectivity index (χ1v) is 9.67. The van der Waals surface area contributed by atoms with E-state index >= 15 is 0 Å². The first-order chi connectivity index (χ1) is 12.5. The monoisotopic (exact) mass is 350 g/mol. The second-order valence-corrected chi connectivity index (χ2v) is 8.64. The summed E-state index contributed by atoms with van der Waals surface area (Å²) in [6.45, 7) is 0.00544. The molecule has 26 heavy (non-hydrogen) atoms. The summed E-state index contributed by atoms with van der Waals surface area (Å²) in [4.78, 5) is 24.6. The van der Waals surface area contributed by atoms with Crippen molar-refractivity contribution in [1.82, 2.24) is 5.32 Å².